The average molecular weight is 359 g/mol. The van der Waals surface area contributed by atoms with Crippen molar-refractivity contribution in [3.05, 3.63) is 42.2 Å². The number of benzene rings is 1. The summed E-state index contributed by atoms with van der Waals surface area (Å²) in [5, 5.41) is 6.24. The van der Waals surface area contributed by atoms with Crippen molar-refractivity contribution in [1.29, 1.82) is 0 Å². The molecule has 0 radical (unpaired) electrons. The minimum atomic E-state index is -0.361. The van der Waals surface area contributed by atoms with Crippen molar-refractivity contribution in [2.45, 2.75) is 18.9 Å². The van der Waals surface area contributed by atoms with Crippen molar-refractivity contribution in [1.82, 2.24) is 10.1 Å². The third-order valence-corrected chi connectivity index (χ3v) is 4.11. The van der Waals surface area contributed by atoms with E-state index < -0.39 is 0 Å². The largest absolute Gasteiger partial charge is 0.496 e. The number of hydrogen-bond acceptors (Lipinski definition) is 6. The molecule has 138 valence electrons. The summed E-state index contributed by atoms with van der Waals surface area (Å²) in [6.45, 7) is 0.888. The first-order valence-electron chi connectivity index (χ1n) is 8.41. The van der Waals surface area contributed by atoms with E-state index in [2.05, 4.69) is 10.5 Å². The maximum Gasteiger partial charge on any atom is 0.258 e. The zero-order chi connectivity index (χ0) is 18.4. The topological polar surface area (TPSA) is 93.9 Å². The van der Waals surface area contributed by atoms with Crippen molar-refractivity contribution < 1.29 is 23.6 Å². The van der Waals surface area contributed by atoms with Crippen LogP contribution in [-0.2, 0) is 9.53 Å². The van der Waals surface area contributed by atoms with Crippen LogP contribution < -0.4 is 10.1 Å². The van der Waals surface area contributed by atoms with Gasteiger partial charge in [0, 0.05) is 19.2 Å². The molecule has 26 heavy (non-hydrogen) atoms. The van der Waals surface area contributed by atoms with E-state index in [-0.39, 0.29) is 24.5 Å². The number of aromatic nitrogens is 1. The second kappa shape index (κ2) is 8.48. The fraction of sp³-hybridized carbons (Fsp3) is 0.389. The number of nitrogens with one attached hydrogen (secondary N) is 1. The molecule has 8 nitrogen and oxygen atoms in total. The minimum Gasteiger partial charge on any atom is -0.496 e. The van der Waals surface area contributed by atoms with E-state index in [9.17, 15) is 9.59 Å². The number of carbonyl (C=O) groups excluding carboxylic acids is 2. The number of amides is 2. The van der Waals surface area contributed by atoms with Gasteiger partial charge in [0.05, 0.1) is 18.8 Å². The molecule has 0 unspecified atom stereocenters. The molecule has 1 aromatic carbocycles. The lowest BCUT2D eigenvalue weighted by atomic mass is 10.1. The van der Waals surface area contributed by atoms with Crippen molar-refractivity contribution in [3.8, 4) is 5.75 Å². The maximum atomic E-state index is 13.0. The molecule has 1 aliphatic heterocycles. The number of anilines is 1. The standard InChI is InChI=1S/C18H21N3O5/c1-24-15-7-3-2-6-14(15)18(23)21(11-13-5-4-9-25-13)12-17(22)19-16-8-10-26-20-16/h2-3,6-8,10,13H,4-5,9,11-12H2,1H3,(H,19,20,22)/t13-/m1/s1. The fourth-order valence-corrected chi connectivity index (χ4v) is 2.88. The molecule has 1 saturated heterocycles. The van der Waals surface area contributed by atoms with Crippen LogP contribution in [0.4, 0.5) is 5.82 Å². The Balaban J connectivity index is 1.75. The van der Waals surface area contributed by atoms with Gasteiger partial charge in [0.2, 0.25) is 5.91 Å². The molecule has 1 aliphatic rings. The lowest BCUT2D eigenvalue weighted by Crippen LogP contribution is -2.42. The van der Waals surface area contributed by atoms with Crippen LogP contribution in [0.5, 0.6) is 5.75 Å². The molecular formula is C18H21N3O5. The molecule has 1 N–H and O–H groups in total. The number of rotatable bonds is 7. The molecule has 0 spiro atoms. The Morgan fingerprint density at radius 1 is 1.35 bits per heavy atom. The molecule has 3 rings (SSSR count). The molecule has 1 atom stereocenters. The highest BCUT2D eigenvalue weighted by molar-refractivity contribution is 6.00. The summed E-state index contributed by atoms with van der Waals surface area (Å²) >= 11 is 0. The number of ether oxygens (including phenoxy) is 2. The Labute approximate surface area is 151 Å². The van der Waals surface area contributed by atoms with E-state index >= 15 is 0 Å². The van der Waals surface area contributed by atoms with Crippen LogP contribution in [0.25, 0.3) is 0 Å². The van der Waals surface area contributed by atoms with Crippen LogP contribution in [0.3, 0.4) is 0 Å². The van der Waals surface area contributed by atoms with Gasteiger partial charge in [-0.1, -0.05) is 17.3 Å². The van der Waals surface area contributed by atoms with Gasteiger partial charge in [-0.05, 0) is 25.0 Å². The van der Waals surface area contributed by atoms with Crippen LogP contribution >= 0.6 is 0 Å². The quantitative estimate of drug-likeness (QED) is 0.812. The molecule has 2 aromatic rings. The van der Waals surface area contributed by atoms with Crippen molar-refractivity contribution in [2.75, 3.05) is 32.1 Å². The highest BCUT2D eigenvalue weighted by Gasteiger charge is 2.27. The van der Waals surface area contributed by atoms with Crippen LogP contribution in [0.1, 0.15) is 23.2 Å². The summed E-state index contributed by atoms with van der Waals surface area (Å²) < 4.78 is 15.6. The molecule has 2 heterocycles. The van der Waals surface area contributed by atoms with E-state index in [1.165, 1.54) is 24.3 Å². The van der Waals surface area contributed by atoms with Gasteiger partial charge in [0.25, 0.3) is 5.91 Å². The first-order chi connectivity index (χ1) is 12.7. The Bertz CT molecular complexity index is 741. The minimum absolute atomic E-state index is 0.0755. The molecular weight excluding hydrogens is 338 g/mol. The monoisotopic (exact) mass is 359 g/mol. The van der Waals surface area contributed by atoms with Gasteiger partial charge in [-0.2, -0.15) is 0 Å². The molecule has 0 saturated carbocycles. The number of methoxy groups -OCH3 is 1. The van der Waals surface area contributed by atoms with Gasteiger partial charge >= 0.3 is 0 Å². The number of carbonyl (C=O) groups is 2. The highest BCUT2D eigenvalue weighted by atomic mass is 16.5. The van der Waals surface area contributed by atoms with E-state index in [1.54, 1.807) is 24.3 Å². The second-order valence-corrected chi connectivity index (χ2v) is 5.95. The highest BCUT2D eigenvalue weighted by Crippen LogP contribution is 2.21. The summed E-state index contributed by atoms with van der Waals surface area (Å²) in [6, 6.07) is 8.48. The summed E-state index contributed by atoms with van der Waals surface area (Å²) in [7, 11) is 1.51. The van der Waals surface area contributed by atoms with Crippen LogP contribution in [-0.4, -0.2) is 54.8 Å². The first-order valence-corrected chi connectivity index (χ1v) is 8.41. The summed E-state index contributed by atoms with van der Waals surface area (Å²) in [4.78, 5) is 26.8. The average Bonchev–Trinajstić information content (AvgIpc) is 3.34. The van der Waals surface area contributed by atoms with Gasteiger partial charge in [-0.15, -0.1) is 0 Å². The van der Waals surface area contributed by atoms with E-state index in [4.69, 9.17) is 14.0 Å². The maximum absolute atomic E-state index is 13.0. The number of nitrogens with zero attached hydrogens (tertiary/aromatic N) is 2. The predicted octanol–water partition coefficient (Wildman–Crippen LogP) is 1.94. The summed E-state index contributed by atoms with van der Waals surface area (Å²) in [5.41, 5.74) is 0.405. The van der Waals surface area contributed by atoms with Crippen molar-refractivity contribution >= 4 is 17.6 Å². The fourth-order valence-electron chi connectivity index (χ4n) is 2.88. The Kier molecular flexibility index (Phi) is 5.85. The van der Waals surface area contributed by atoms with Gasteiger partial charge in [-0.25, -0.2) is 0 Å². The van der Waals surface area contributed by atoms with Crippen LogP contribution in [0.2, 0.25) is 0 Å². The zero-order valence-electron chi connectivity index (χ0n) is 14.5. The summed E-state index contributed by atoms with van der Waals surface area (Å²) in [6.07, 6.45) is 3.10. The smallest absolute Gasteiger partial charge is 0.258 e. The third kappa shape index (κ3) is 4.40. The van der Waals surface area contributed by atoms with E-state index in [1.807, 2.05) is 0 Å². The first kappa shape index (κ1) is 17.9. The summed E-state index contributed by atoms with van der Waals surface area (Å²) in [5.74, 6) is 0.122. The Morgan fingerprint density at radius 2 is 2.19 bits per heavy atom. The van der Waals surface area contributed by atoms with Gasteiger partial charge in [-0.3, -0.25) is 9.59 Å². The molecule has 1 fully saturated rings. The molecule has 8 heteroatoms. The van der Waals surface area contributed by atoms with Crippen molar-refractivity contribution in [3.63, 3.8) is 0 Å². The molecule has 0 aliphatic carbocycles. The van der Waals surface area contributed by atoms with E-state index in [0.29, 0.717) is 30.3 Å². The number of para-hydroxylation sites is 1. The predicted molar refractivity (Wildman–Crippen MR) is 93.0 cm³/mol. The number of hydrogen-bond donors (Lipinski definition) is 1. The second-order valence-electron chi connectivity index (χ2n) is 5.95. The Hall–Kier alpha value is -2.87. The lowest BCUT2D eigenvalue weighted by molar-refractivity contribution is -0.117. The normalized spacial score (nSPS) is 16.3. The van der Waals surface area contributed by atoms with E-state index in [0.717, 1.165) is 12.8 Å². The van der Waals surface area contributed by atoms with Crippen LogP contribution in [0.15, 0.2) is 41.1 Å². The van der Waals surface area contributed by atoms with Crippen molar-refractivity contribution in [2.24, 2.45) is 0 Å². The van der Waals surface area contributed by atoms with Gasteiger partial charge in [0.1, 0.15) is 18.6 Å². The third-order valence-electron chi connectivity index (χ3n) is 4.11. The molecule has 0 bridgehead atoms. The van der Waals surface area contributed by atoms with Gasteiger partial charge < -0.3 is 24.2 Å². The molecule has 2 amide bonds. The Morgan fingerprint density at radius 3 is 2.88 bits per heavy atom. The van der Waals surface area contributed by atoms with Crippen LogP contribution in [0, 0.1) is 0 Å². The lowest BCUT2D eigenvalue weighted by Gasteiger charge is -2.25. The van der Waals surface area contributed by atoms with Gasteiger partial charge in [0.15, 0.2) is 5.82 Å². The zero-order valence-corrected chi connectivity index (χ0v) is 14.5. The SMILES string of the molecule is COc1ccccc1C(=O)N(CC(=O)Nc1ccon1)C[C@H]1CCCO1. The molecule has 1 aromatic heterocycles.